The second kappa shape index (κ2) is 5.82. The Bertz CT molecular complexity index is 193. The zero-order chi connectivity index (χ0) is 10.4. The molecule has 0 bridgehead atoms. The molecule has 2 unspecified atom stereocenters. The van der Waals surface area contributed by atoms with Crippen LogP contribution >= 0.6 is 12.6 Å². The van der Waals surface area contributed by atoms with E-state index in [2.05, 4.69) is 17.4 Å². The molecule has 0 aromatic heterocycles. The third-order valence-corrected chi connectivity index (χ3v) is 1.70. The normalized spacial score (nSPS) is 14.7. The van der Waals surface area contributed by atoms with Gasteiger partial charge in [-0.3, -0.25) is 9.59 Å². The number of rotatable bonds is 5. The summed E-state index contributed by atoms with van der Waals surface area (Å²) in [7, 11) is 0. The SMILES string of the molecule is CC(CO)OC(=O)C(CS)C(=O)O. The standard InChI is InChI=1S/C7H12O5S/c1-4(2-8)12-7(11)5(3-13)6(9)10/h4-5,8,13H,2-3H2,1H3,(H,9,10). The number of aliphatic carboxylic acids is 1. The van der Waals surface area contributed by atoms with Crippen molar-refractivity contribution < 1.29 is 24.5 Å². The van der Waals surface area contributed by atoms with Crippen LogP contribution in [-0.2, 0) is 14.3 Å². The second-order valence-electron chi connectivity index (χ2n) is 2.50. The predicted molar refractivity (Wildman–Crippen MR) is 47.6 cm³/mol. The molecule has 13 heavy (non-hydrogen) atoms. The molecular weight excluding hydrogens is 196 g/mol. The van der Waals surface area contributed by atoms with Crippen molar-refractivity contribution in [3.63, 3.8) is 0 Å². The number of thiol groups is 1. The largest absolute Gasteiger partial charge is 0.481 e. The monoisotopic (exact) mass is 208 g/mol. The van der Waals surface area contributed by atoms with E-state index in [0.717, 1.165) is 0 Å². The number of ether oxygens (including phenoxy) is 1. The molecule has 0 aromatic rings. The molecule has 6 heteroatoms. The lowest BCUT2D eigenvalue weighted by Crippen LogP contribution is -2.31. The van der Waals surface area contributed by atoms with Crippen LogP contribution in [0.4, 0.5) is 0 Å². The molecule has 0 aliphatic heterocycles. The molecule has 5 nitrogen and oxygen atoms in total. The molecule has 2 N–H and O–H groups in total. The van der Waals surface area contributed by atoms with Gasteiger partial charge in [0.1, 0.15) is 6.10 Å². The van der Waals surface area contributed by atoms with Crippen LogP contribution < -0.4 is 0 Å². The van der Waals surface area contributed by atoms with Crippen LogP contribution in [0.15, 0.2) is 0 Å². The summed E-state index contributed by atoms with van der Waals surface area (Å²) in [5, 5.41) is 17.1. The van der Waals surface area contributed by atoms with Gasteiger partial charge in [-0.05, 0) is 6.92 Å². The van der Waals surface area contributed by atoms with E-state index in [-0.39, 0.29) is 12.4 Å². The Morgan fingerprint density at radius 1 is 1.54 bits per heavy atom. The number of carboxylic acid groups (broad SMARTS) is 1. The zero-order valence-corrected chi connectivity index (χ0v) is 8.03. The summed E-state index contributed by atoms with van der Waals surface area (Å²) >= 11 is 3.70. The highest BCUT2D eigenvalue weighted by Gasteiger charge is 2.27. The number of carbonyl (C=O) groups is 2. The van der Waals surface area contributed by atoms with Gasteiger partial charge in [-0.25, -0.2) is 0 Å². The van der Waals surface area contributed by atoms with Crippen LogP contribution in [0.5, 0.6) is 0 Å². The molecule has 0 amide bonds. The van der Waals surface area contributed by atoms with Gasteiger partial charge in [0.15, 0.2) is 5.92 Å². The van der Waals surface area contributed by atoms with Crippen LogP contribution in [0.3, 0.4) is 0 Å². The molecule has 0 aliphatic carbocycles. The summed E-state index contributed by atoms with van der Waals surface area (Å²) in [6.45, 7) is 1.14. The zero-order valence-electron chi connectivity index (χ0n) is 7.14. The lowest BCUT2D eigenvalue weighted by atomic mass is 10.2. The van der Waals surface area contributed by atoms with Crippen molar-refractivity contribution in [2.24, 2.45) is 5.92 Å². The first-order chi connectivity index (χ1) is 6.02. The van der Waals surface area contributed by atoms with E-state index in [1.807, 2.05) is 0 Å². The van der Waals surface area contributed by atoms with Crippen molar-refractivity contribution in [2.75, 3.05) is 12.4 Å². The molecule has 0 radical (unpaired) electrons. The summed E-state index contributed by atoms with van der Waals surface area (Å²) in [6.07, 6.45) is -0.686. The van der Waals surface area contributed by atoms with Gasteiger partial charge in [0, 0.05) is 5.75 Å². The van der Waals surface area contributed by atoms with Gasteiger partial charge in [0.25, 0.3) is 0 Å². The van der Waals surface area contributed by atoms with Gasteiger partial charge >= 0.3 is 11.9 Å². The minimum atomic E-state index is -1.27. The van der Waals surface area contributed by atoms with Crippen LogP contribution in [0.2, 0.25) is 0 Å². The van der Waals surface area contributed by atoms with Crippen LogP contribution in [0.1, 0.15) is 6.92 Å². The highest BCUT2D eigenvalue weighted by Crippen LogP contribution is 2.04. The Labute approximate surface area is 81.1 Å². The van der Waals surface area contributed by atoms with Crippen LogP contribution in [0, 0.1) is 5.92 Å². The van der Waals surface area contributed by atoms with Gasteiger partial charge in [-0.2, -0.15) is 12.6 Å². The molecule has 76 valence electrons. The summed E-state index contributed by atoms with van der Waals surface area (Å²) < 4.78 is 4.60. The molecule has 0 spiro atoms. The van der Waals surface area contributed by atoms with E-state index in [4.69, 9.17) is 10.2 Å². The smallest absolute Gasteiger partial charge is 0.321 e. The first-order valence-corrected chi connectivity index (χ1v) is 4.31. The second-order valence-corrected chi connectivity index (χ2v) is 2.87. The van der Waals surface area contributed by atoms with Gasteiger partial charge in [0.05, 0.1) is 6.61 Å². The van der Waals surface area contributed by atoms with Crippen molar-refractivity contribution in [2.45, 2.75) is 13.0 Å². The topological polar surface area (TPSA) is 83.8 Å². The molecule has 0 saturated heterocycles. The highest BCUT2D eigenvalue weighted by atomic mass is 32.1. The lowest BCUT2D eigenvalue weighted by Gasteiger charge is -2.13. The van der Waals surface area contributed by atoms with Gasteiger partial charge in [0.2, 0.25) is 0 Å². The quantitative estimate of drug-likeness (QED) is 0.323. The molecular formula is C7H12O5S. The van der Waals surface area contributed by atoms with Crippen molar-refractivity contribution >= 4 is 24.6 Å². The molecule has 0 fully saturated rings. The fourth-order valence-electron chi connectivity index (χ4n) is 0.571. The van der Waals surface area contributed by atoms with E-state index in [1.165, 1.54) is 6.92 Å². The third-order valence-electron chi connectivity index (χ3n) is 1.34. The maximum absolute atomic E-state index is 11.0. The van der Waals surface area contributed by atoms with Crippen LogP contribution in [-0.4, -0.2) is 40.6 Å². The molecule has 0 rings (SSSR count). The Kier molecular flexibility index (Phi) is 5.48. The third kappa shape index (κ3) is 4.14. The number of carbonyl (C=O) groups excluding carboxylic acids is 1. The van der Waals surface area contributed by atoms with Crippen molar-refractivity contribution in [1.29, 1.82) is 0 Å². The van der Waals surface area contributed by atoms with E-state index in [9.17, 15) is 9.59 Å². The van der Waals surface area contributed by atoms with Crippen molar-refractivity contribution in [1.82, 2.24) is 0 Å². The number of hydrogen-bond acceptors (Lipinski definition) is 5. The Morgan fingerprint density at radius 2 is 2.08 bits per heavy atom. The van der Waals surface area contributed by atoms with Crippen molar-refractivity contribution in [3.05, 3.63) is 0 Å². The van der Waals surface area contributed by atoms with Gasteiger partial charge in [-0.15, -0.1) is 0 Å². The fraction of sp³-hybridized carbons (Fsp3) is 0.714. The lowest BCUT2D eigenvalue weighted by molar-refractivity contribution is -0.161. The van der Waals surface area contributed by atoms with Gasteiger partial charge < -0.3 is 14.9 Å². The molecule has 0 aromatic carbocycles. The van der Waals surface area contributed by atoms with Gasteiger partial charge in [-0.1, -0.05) is 0 Å². The number of hydrogen-bond donors (Lipinski definition) is 3. The first-order valence-electron chi connectivity index (χ1n) is 3.68. The van der Waals surface area contributed by atoms with Crippen molar-refractivity contribution in [3.8, 4) is 0 Å². The maximum atomic E-state index is 11.0. The highest BCUT2D eigenvalue weighted by molar-refractivity contribution is 7.80. The number of aliphatic hydroxyl groups is 1. The summed E-state index contributed by atoms with van der Waals surface area (Å²) in [5.74, 6) is -3.53. The average Bonchev–Trinajstić information content (AvgIpc) is 2.04. The summed E-state index contributed by atoms with van der Waals surface area (Å²) in [6, 6.07) is 0. The first kappa shape index (κ1) is 12.2. The number of aliphatic hydroxyl groups excluding tert-OH is 1. The Hall–Kier alpha value is -0.750. The minimum Gasteiger partial charge on any atom is -0.481 e. The minimum absolute atomic E-state index is 0.119. The predicted octanol–water partition coefficient (Wildman–Crippen LogP) is -0.459. The number of esters is 1. The van der Waals surface area contributed by atoms with E-state index in [1.54, 1.807) is 0 Å². The summed E-state index contributed by atoms with van der Waals surface area (Å²) in [5.41, 5.74) is 0. The maximum Gasteiger partial charge on any atom is 0.321 e. The number of carboxylic acids is 1. The molecule has 0 aliphatic rings. The average molecular weight is 208 g/mol. The molecule has 0 heterocycles. The van der Waals surface area contributed by atoms with E-state index < -0.39 is 24.0 Å². The van der Waals surface area contributed by atoms with Crippen LogP contribution in [0.25, 0.3) is 0 Å². The fourth-order valence-corrected chi connectivity index (χ4v) is 0.876. The Morgan fingerprint density at radius 3 is 2.38 bits per heavy atom. The Balaban J connectivity index is 4.14. The summed E-state index contributed by atoms with van der Waals surface area (Å²) in [4.78, 5) is 21.5. The van der Waals surface area contributed by atoms with E-state index in [0.29, 0.717) is 0 Å². The van der Waals surface area contributed by atoms with E-state index >= 15 is 0 Å². The molecule has 2 atom stereocenters. The molecule has 0 saturated carbocycles.